The minimum absolute atomic E-state index is 0.198. The van der Waals surface area contributed by atoms with Crippen LogP contribution in [0, 0.1) is 0 Å². The summed E-state index contributed by atoms with van der Waals surface area (Å²) in [7, 11) is 0. The van der Waals surface area contributed by atoms with Crippen LogP contribution in [-0.4, -0.2) is 47.6 Å². The van der Waals surface area contributed by atoms with Crippen molar-refractivity contribution in [2.24, 2.45) is 0 Å². The normalized spacial score (nSPS) is 29.6. The van der Waals surface area contributed by atoms with Gasteiger partial charge in [0.15, 0.2) is 12.1 Å². The second-order valence-corrected chi connectivity index (χ2v) is 7.98. The fraction of sp³-hybridized carbons (Fsp3) is 0.435. The molecular weight excluding hydrogens is 388 g/mol. The Hall–Kier alpha value is -2.29. The minimum Gasteiger partial charge on any atom is -0.479 e. The van der Waals surface area contributed by atoms with Crippen LogP contribution in [0.4, 0.5) is 0 Å². The van der Waals surface area contributed by atoms with Crippen LogP contribution in [0.2, 0.25) is 0 Å². The average molecular weight is 414 g/mol. The predicted molar refractivity (Wildman–Crippen MR) is 106 cm³/mol. The van der Waals surface area contributed by atoms with Gasteiger partial charge in [0.05, 0.1) is 19.8 Å². The molecule has 2 aliphatic heterocycles. The topological polar surface area (TPSA) is 83.5 Å². The van der Waals surface area contributed by atoms with Gasteiger partial charge in [-0.1, -0.05) is 60.7 Å². The Morgan fingerprint density at radius 1 is 0.933 bits per heavy atom. The second-order valence-electron chi connectivity index (χ2n) is 7.98. The van der Waals surface area contributed by atoms with Crippen molar-refractivity contribution in [3.05, 3.63) is 71.8 Å². The van der Waals surface area contributed by atoms with Crippen LogP contribution in [0.25, 0.3) is 0 Å². The molecule has 160 valence electrons. The predicted octanol–water partition coefficient (Wildman–Crippen LogP) is 3.12. The molecule has 0 bridgehead atoms. The van der Waals surface area contributed by atoms with Gasteiger partial charge in [-0.2, -0.15) is 0 Å². The van der Waals surface area contributed by atoms with Gasteiger partial charge in [-0.05, 0) is 25.0 Å². The molecule has 7 nitrogen and oxygen atoms in total. The molecule has 2 saturated heterocycles. The third kappa shape index (κ3) is 4.26. The van der Waals surface area contributed by atoms with Crippen molar-refractivity contribution < 1.29 is 33.6 Å². The van der Waals surface area contributed by atoms with Gasteiger partial charge >= 0.3 is 5.97 Å². The summed E-state index contributed by atoms with van der Waals surface area (Å²) in [5.74, 6) is -2.06. The fourth-order valence-corrected chi connectivity index (χ4v) is 3.83. The van der Waals surface area contributed by atoms with E-state index in [2.05, 4.69) is 0 Å². The third-order valence-corrected chi connectivity index (χ3v) is 5.23. The Balaban J connectivity index is 1.53. The van der Waals surface area contributed by atoms with Crippen molar-refractivity contribution in [1.29, 1.82) is 0 Å². The largest absolute Gasteiger partial charge is 0.479 e. The number of hydrogen-bond donors (Lipinski definition) is 1. The number of carboxylic acid groups (broad SMARTS) is 1. The molecule has 2 heterocycles. The van der Waals surface area contributed by atoms with Crippen LogP contribution >= 0.6 is 0 Å². The maximum Gasteiger partial charge on any atom is 0.341 e. The number of carboxylic acids is 1. The number of aliphatic carboxylic acids is 1. The van der Waals surface area contributed by atoms with E-state index in [1.807, 2.05) is 60.7 Å². The van der Waals surface area contributed by atoms with E-state index in [4.69, 9.17) is 23.7 Å². The standard InChI is InChI=1S/C23H26O7/c1-22(2)28-18-19(27-14-17-11-7-4-8-12-17)23(21(24)25,30-20(18)29-22)15-26-13-16-9-5-3-6-10-16/h3-12,18-20H,13-15H2,1-2H3,(H,24,25)/t18?,19?,20-,23+/m0/s1. The zero-order chi connectivity index (χ0) is 21.2. The van der Waals surface area contributed by atoms with Crippen LogP contribution in [0.15, 0.2) is 60.7 Å². The number of carbonyl (C=O) groups is 1. The summed E-state index contributed by atoms with van der Waals surface area (Å²) in [6.45, 7) is 3.80. The lowest BCUT2D eigenvalue weighted by molar-refractivity contribution is -0.256. The molecule has 4 rings (SSSR count). The van der Waals surface area contributed by atoms with Crippen molar-refractivity contribution in [1.82, 2.24) is 0 Å². The van der Waals surface area contributed by atoms with Gasteiger partial charge in [-0.15, -0.1) is 0 Å². The first kappa shape index (κ1) is 21.0. The van der Waals surface area contributed by atoms with Gasteiger partial charge in [0.1, 0.15) is 12.2 Å². The van der Waals surface area contributed by atoms with Gasteiger partial charge < -0.3 is 28.8 Å². The Labute approximate surface area is 175 Å². The van der Waals surface area contributed by atoms with Gasteiger partial charge in [0, 0.05) is 0 Å². The van der Waals surface area contributed by atoms with E-state index in [0.717, 1.165) is 11.1 Å². The molecule has 1 N–H and O–H groups in total. The second kappa shape index (κ2) is 8.45. The highest BCUT2D eigenvalue weighted by Crippen LogP contribution is 2.44. The van der Waals surface area contributed by atoms with E-state index in [1.54, 1.807) is 13.8 Å². The average Bonchev–Trinajstić information content (AvgIpc) is 3.17. The van der Waals surface area contributed by atoms with Crippen LogP contribution in [-0.2, 0) is 41.7 Å². The molecule has 2 fully saturated rings. The zero-order valence-corrected chi connectivity index (χ0v) is 17.0. The molecular formula is C23H26O7. The summed E-state index contributed by atoms with van der Waals surface area (Å²) in [5.41, 5.74) is 0.116. The van der Waals surface area contributed by atoms with Crippen molar-refractivity contribution >= 4 is 5.97 Å². The Bertz CT molecular complexity index is 854. The maximum absolute atomic E-state index is 12.4. The van der Waals surface area contributed by atoms with Gasteiger partial charge in [-0.25, -0.2) is 4.79 Å². The molecule has 2 aliphatic rings. The number of benzene rings is 2. The lowest BCUT2D eigenvalue weighted by atomic mass is 9.95. The summed E-state index contributed by atoms with van der Waals surface area (Å²) in [4.78, 5) is 12.4. The first-order valence-electron chi connectivity index (χ1n) is 9.94. The number of ether oxygens (including phenoxy) is 5. The molecule has 0 amide bonds. The van der Waals surface area contributed by atoms with Gasteiger partial charge in [0.2, 0.25) is 5.60 Å². The van der Waals surface area contributed by atoms with Crippen LogP contribution in [0.5, 0.6) is 0 Å². The van der Waals surface area contributed by atoms with Gasteiger partial charge in [-0.3, -0.25) is 0 Å². The van der Waals surface area contributed by atoms with Crippen LogP contribution in [0.1, 0.15) is 25.0 Å². The van der Waals surface area contributed by atoms with E-state index in [1.165, 1.54) is 0 Å². The molecule has 4 atom stereocenters. The highest BCUT2D eigenvalue weighted by molar-refractivity contribution is 5.79. The summed E-state index contributed by atoms with van der Waals surface area (Å²) < 4.78 is 29.5. The molecule has 2 aromatic rings. The molecule has 0 aliphatic carbocycles. The molecule has 0 aromatic heterocycles. The van der Waals surface area contributed by atoms with Crippen LogP contribution in [0.3, 0.4) is 0 Å². The monoisotopic (exact) mass is 414 g/mol. The zero-order valence-electron chi connectivity index (χ0n) is 17.0. The molecule has 0 spiro atoms. The molecule has 7 heteroatoms. The minimum atomic E-state index is -1.74. The third-order valence-electron chi connectivity index (χ3n) is 5.23. The van der Waals surface area contributed by atoms with Crippen molar-refractivity contribution in [3.8, 4) is 0 Å². The SMILES string of the molecule is CC1(C)OC2C(OCc3ccccc3)[C@](COCc3ccccc3)(C(=O)O)O[C@@H]2O1. The van der Waals surface area contributed by atoms with E-state index in [-0.39, 0.29) is 19.8 Å². The number of fused-ring (bicyclic) bond motifs is 1. The van der Waals surface area contributed by atoms with Crippen molar-refractivity contribution in [2.75, 3.05) is 6.61 Å². The lowest BCUT2D eigenvalue weighted by Crippen LogP contribution is -2.55. The summed E-state index contributed by atoms with van der Waals surface area (Å²) in [6.07, 6.45) is -2.44. The first-order valence-corrected chi connectivity index (χ1v) is 9.94. The fourth-order valence-electron chi connectivity index (χ4n) is 3.83. The van der Waals surface area contributed by atoms with Crippen LogP contribution < -0.4 is 0 Å². The highest BCUT2D eigenvalue weighted by atomic mass is 16.8. The number of rotatable bonds is 8. The summed E-state index contributed by atoms with van der Waals surface area (Å²) in [6, 6.07) is 19.1. The quantitative estimate of drug-likeness (QED) is 0.711. The Kier molecular flexibility index (Phi) is 5.90. The van der Waals surface area contributed by atoms with E-state index in [0.29, 0.717) is 0 Å². The number of hydrogen-bond acceptors (Lipinski definition) is 6. The smallest absolute Gasteiger partial charge is 0.341 e. The first-order chi connectivity index (χ1) is 14.4. The lowest BCUT2D eigenvalue weighted by Gasteiger charge is -2.33. The molecule has 2 aromatic carbocycles. The summed E-state index contributed by atoms with van der Waals surface area (Å²) in [5, 5.41) is 10.1. The molecule has 0 radical (unpaired) electrons. The van der Waals surface area contributed by atoms with Gasteiger partial charge in [0.25, 0.3) is 0 Å². The molecule has 30 heavy (non-hydrogen) atoms. The Morgan fingerprint density at radius 3 is 2.13 bits per heavy atom. The Morgan fingerprint density at radius 2 is 1.53 bits per heavy atom. The van der Waals surface area contributed by atoms with E-state index < -0.39 is 35.9 Å². The van der Waals surface area contributed by atoms with E-state index in [9.17, 15) is 9.90 Å². The molecule has 0 saturated carbocycles. The molecule has 2 unspecified atom stereocenters. The van der Waals surface area contributed by atoms with Crippen molar-refractivity contribution in [2.45, 2.75) is 56.9 Å². The summed E-state index contributed by atoms with van der Waals surface area (Å²) >= 11 is 0. The van der Waals surface area contributed by atoms with E-state index >= 15 is 0 Å². The maximum atomic E-state index is 12.4. The highest BCUT2D eigenvalue weighted by Gasteiger charge is 2.66. The van der Waals surface area contributed by atoms with Crippen molar-refractivity contribution in [3.63, 3.8) is 0 Å².